The molecule has 0 atom stereocenters. The topological polar surface area (TPSA) is 78.3 Å². The highest BCUT2D eigenvalue weighted by atomic mass is 16.5. The van der Waals surface area contributed by atoms with Crippen molar-refractivity contribution in [1.29, 1.82) is 0 Å². The molecule has 0 bridgehead atoms. The van der Waals surface area contributed by atoms with Gasteiger partial charge in [-0.1, -0.05) is 12.1 Å². The number of hydrogen-bond donors (Lipinski definition) is 1. The van der Waals surface area contributed by atoms with Gasteiger partial charge < -0.3 is 10.5 Å². The number of ether oxygens (including phenoxy) is 1. The van der Waals surface area contributed by atoms with E-state index in [1.165, 1.54) is 6.33 Å². The number of nitrogens with two attached hydrogens (primary N) is 1. The lowest BCUT2D eigenvalue weighted by Crippen LogP contribution is -2.00. The molecule has 6 heteroatoms. The number of aryl methyl sites for hydroxylation is 1. The average Bonchev–Trinajstić information content (AvgIpc) is 2.87. The van der Waals surface area contributed by atoms with Crippen molar-refractivity contribution in [3.8, 4) is 11.6 Å². The molecular weight excluding hydrogens is 242 g/mol. The highest BCUT2D eigenvalue weighted by Gasteiger charge is 2.07. The fourth-order valence-corrected chi connectivity index (χ4v) is 1.83. The Hall–Kier alpha value is -2.47. The van der Waals surface area contributed by atoms with Crippen molar-refractivity contribution in [1.82, 2.24) is 19.6 Å². The maximum atomic E-state index is 5.84. The molecule has 0 amide bonds. The van der Waals surface area contributed by atoms with E-state index in [4.69, 9.17) is 10.5 Å². The van der Waals surface area contributed by atoms with Crippen LogP contribution in [-0.4, -0.2) is 19.6 Å². The molecule has 96 valence electrons. The second-order valence-electron chi connectivity index (χ2n) is 4.16. The van der Waals surface area contributed by atoms with Crippen molar-refractivity contribution < 1.29 is 4.74 Å². The average molecular weight is 255 g/mol. The van der Waals surface area contributed by atoms with Gasteiger partial charge in [-0.3, -0.25) is 0 Å². The van der Waals surface area contributed by atoms with E-state index in [0.29, 0.717) is 24.0 Å². The molecule has 2 N–H and O–H groups in total. The lowest BCUT2D eigenvalue weighted by Gasteiger charge is -2.08. The van der Waals surface area contributed by atoms with E-state index in [1.807, 2.05) is 37.3 Å². The van der Waals surface area contributed by atoms with Crippen LogP contribution in [0.15, 0.2) is 36.7 Å². The first kappa shape index (κ1) is 11.6. The lowest BCUT2D eigenvalue weighted by molar-refractivity contribution is 0.444. The molecule has 6 nitrogen and oxygen atoms in total. The van der Waals surface area contributed by atoms with Gasteiger partial charge >= 0.3 is 0 Å². The van der Waals surface area contributed by atoms with Crippen LogP contribution in [0.2, 0.25) is 0 Å². The monoisotopic (exact) mass is 255 g/mol. The van der Waals surface area contributed by atoms with E-state index in [1.54, 1.807) is 4.52 Å². The fraction of sp³-hybridized carbons (Fsp3) is 0.154. The number of rotatable bonds is 3. The Bertz CT molecular complexity index is 722. The smallest absolute Gasteiger partial charge is 0.255 e. The first-order valence-corrected chi connectivity index (χ1v) is 5.90. The fourth-order valence-electron chi connectivity index (χ4n) is 1.83. The number of benzene rings is 1. The van der Waals surface area contributed by atoms with E-state index in [2.05, 4.69) is 15.1 Å². The van der Waals surface area contributed by atoms with Crippen LogP contribution >= 0.6 is 0 Å². The summed E-state index contributed by atoms with van der Waals surface area (Å²) in [4.78, 5) is 8.32. The molecule has 0 saturated carbocycles. The van der Waals surface area contributed by atoms with Crippen molar-refractivity contribution in [2.45, 2.75) is 13.5 Å². The maximum absolute atomic E-state index is 5.84. The Kier molecular flexibility index (Phi) is 2.85. The Labute approximate surface area is 109 Å². The number of hydrogen-bond acceptors (Lipinski definition) is 5. The standard InChI is InChI=1S/C13H13N5O/c1-9-5-12(18-13(17-9)15-8-16-18)19-11-4-2-3-10(6-11)7-14/h2-6,8H,7,14H2,1H3. The van der Waals surface area contributed by atoms with Gasteiger partial charge in [0, 0.05) is 18.3 Å². The molecule has 0 radical (unpaired) electrons. The predicted molar refractivity (Wildman–Crippen MR) is 69.9 cm³/mol. The molecule has 19 heavy (non-hydrogen) atoms. The van der Waals surface area contributed by atoms with Crippen LogP contribution in [0.25, 0.3) is 5.78 Å². The van der Waals surface area contributed by atoms with Crippen LogP contribution in [-0.2, 0) is 6.54 Å². The highest BCUT2D eigenvalue weighted by molar-refractivity contribution is 5.36. The van der Waals surface area contributed by atoms with Gasteiger partial charge in [0.05, 0.1) is 0 Å². The molecule has 0 aliphatic heterocycles. The molecule has 0 aliphatic carbocycles. The Morgan fingerprint density at radius 2 is 2.21 bits per heavy atom. The normalized spacial score (nSPS) is 10.8. The van der Waals surface area contributed by atoms with E-state index in [-0.39, 0.29) is 0 Å². The third-order valence-electron chi connectivity index (χ3n) is 2.70. The molecule has 0 saturated heterocycles. The van der Waals surface area contributed by atoms with E-state index < -0.39 is 0 Å². The number of nitrogens with zero attached hydrogens (tertiary/aromatic N) is 4. The van der Waals surface area contributed by atoms with Crippen LogP contribution in [0.1, 0.15) is 11.3 Å². The minimum atomic E-state index is 0.477. The van der Waals surface area contributed by atoms with Gasteiger partial charge in [0.1, 0.15) is 12.1 Å². The maximum Gasteiger partial charge on any atom is 0.255 e. The van der Waals surface area contributed by atoms with E-state index in [9.17, 15) is 0 Å². The minimum Gasteiger partial charge on any atom is -0.439 e. The summed E-state index contributed by atoms with van der Waals surface area (Å²) in [6.07, 6.45) is 1.45. The van der Waals surface area contributed by atoms with Gasteiger partial charge in [0.15, 0.2) is 0 Å². The second-order valence-corrected chi connectivity index (χ2v) is 4.16. The van der Waals surface area contributed by atoms with Crippen molar-refractivity contribution in [2.24, 2.45) is 5.73 Å². The third-order valence-corrected chi connectivity index (χ3v) is 2.70. The molecule has 2 heterocycles. The number of fused-ring (bicyclic) bond motifs is 1. The molecule has 1 aromatic carbocycles. The molecule has 0 unspecified atom stereocenters. The summed E-state index contributed by atoms with van der Waals surface area (Å²) in [7, 11) is 0. The summed E-state index contributed by atoms with van der Waals surface area (Å²) < 4.78 is 7.40. The Balaban J connectivity index is 2.02. The number of aromatic nitrogens is 4. The van der Waals surface area contributed by atoms with Gasteiger partial charge in [-0.2, -0.15) is 14.6 Å². The van der Waals surface area contributed by atoms with Crippen molar-refractivity contribution in [3.05, 3.63) is 47.9 Å². The van der Waals surface area contributed by atoms with Crippen LogP contribution in [0.5, 0.6) is 11.6 Å². The lowest BCUT2D eigenvalue weighted by atomic mass is 10.2. The summed E-state index contributed by atoms with van der Waals surface area (Å²) in [6, 6.07) is 9.45. The molecule has 2 aromatic heterocycles. The third kappa shape index (κ3) is 2.25. The summed E-state index contributed by atoms with van der Waals surface area (Å²) in [5.41, 5.74) is 7.45. The van der Waals surface area contributed by atoms with Gasteiger partial charge in [-0.05, 0) is 24.6 Å². The molecule has 0 spiro atoms. The van der Waals surface area contributed by atoms with Gasteiger partial charge in [0.2, 0.25) is 5.88 Å². The first-order chi connectivity index (χ1) is 9.26. The highest BCUT2D eigenvalue weighted by Crippen LogP contribution is 2.22. The summed E-state index contributed by atoms with van der Waals surface area (Å²) in [6.45, 7) is 2.36. The quantitative estimate of drug-likeness (QED) is 0.770. The van der Waals surface area contributed by atoms with Gasteiger partial charge in [0.25, 0.3) is 5.78 Å². The van der Waals surface area contributed by atoms with E-state index in [0.717, 1.165) is 11.3 Å². The second kappa shape index (κ2) is 4.66. The first-order valence-electron chi connectivity index (χ1n) is 5.90. The largest absolute Gasteiger partial charge is 0.439 e. The molecule has 3 aromatic rings. The summed E-state index contributed by atoms with van der Waals surface area (Å²) >= 11 is 0. The van der Waals surface area contributed by atoms with Crippen LogP contribution in [0.4, 0.5) is 0 Å². The SMILES string of the molecule is Cc1cc(Oc2cccc(CN)c2)n2ncnc2n1. The minimum absolute atomic E-state index is 0.477. The summed E-state index contributed by atoms with van der Waals surface area (Å²) in [5, 5.41) is 4.09. The van der Waals surface area contributed by atoms with E-state index >= 15 is 0 Å². The molecule has 3 rings (SSSR count). The molecular formula is C13H13N5O. The Morgan fingerprint density at radius 1 is 1.32 bits per heavy atom. The van der Waals surface area contributed by atoms with Crippen molar-refractivity contribution in [2.75, 3.05) is 0 Å². The van der Waals surface area contributed by atoms with Crippen molar-refractivity contribution in [3.63, 3.8) is 0 Å². The van der Waals surface area contributed by atoms with Crippen LogP contribution in [0.3, 0.4) is 0 Å². The summed E-state index contributed by atoms with van der Waals surface area (Å²) in [5.74, 6) is 1.81. The zero-order valence-corrected chi connectivity index (χ0v) is 10.4. The zero-order valence-electron chi connectivity index (χ0n) is 10.4. The van der Waals surface area contributed by atoms with Crippen LogP contribution in [0, 0.1) is 6.92 Å². The van der Waals surface area contributed by atoms with Gasteiger partial charge in [-0.15, -0.1) is 0 Å². The molecule has 0 aliphatic rings. The predicted octanol–water partition coefficient (Wildman–Crippen LogP) is 1.68. The van der Waals surface area contributed by atoms with Crippen molar-refractivity contribution >= 4 is 5.78 Å². The Morgan fingerprint density at radius 3 is 3.05 bits per heavy atom. The molecule has 0 fully saturated rings. The zero-order chi connectivity index (χ0) is 13.2. The van der Waals surface area contributed by atoms with Gasteiger partial charge in [-0.25, -0.2) is 4.98 Å². The van der Waals surface area contributed by atoms with Crippen LogP contribution < -0.4 is 10.5 Å².